The molecule has 1 N–H and O–H groups in total. The molecule has 0 fully saturated rings. The number of anilines is 1. The number of aryl methyl sites for hydroxylation is 1. The van der Waals surface area contributed by atoms with Crippen LogP contribution in [0, 0.1) is 12.7 Å². The van der Waals surface area contributed by atoms with Gasteiger partial charge in [0.1, 0.15) is 5.82 Å². The van der Waals surface area contributed by atoms with E-state index in [1.54, 1.807) is 6.07 Å². The summed E-state index contributed by atoms with van der Waals surface area (Å²) in [4.78, 5) is 14.7. The largest absolute Gasteiger partial charge is 0.325 e. The minimum absolute atomic E-state index is 0.157. The monoisotopic (exact) mass is 362 g/mol. The molecule has 3 aromatic carbocycles. The van der Waals surface area contributed by atoms with Crippen LogP contribution in [0.25, 0.3) is 0 Å². The summed E-state index contributed by atoms with van der Waals surface area (Å²) in [6.45, 7) is 3.39. The van der Waals surface area contributed by atoms with E-state index in [0.717, 1.165) is 16.7 Å². The van der Waals surface area contributed by atoms with Gasteiger partial charge in [0.15, 0.2) is 0 Å². The summed E-state index contributed by atoms with van der Waals surface area (Å²) in [5, 5.41) is 2.83. The molecule has 0 aliphatic heterocycles. The van der Waals surface area contributed by atoms with Crippen molar-refractivity contribution in [1.82, 2.24) is 4.90 Å². The molecular formula is C23H23FN2O. The van der Waals surface area contributed by atoms with Crippen molar-refractivity contribution in [2.75, 3.05) is 11.9 Å². The van der Waals surface area contributed by atoms with Gasteiger partial charge in [0.05, 0.1) is 6.54 Å². The molecule has 0 saturated heterocycles. The van der Waals surface area contributed by atoms with Crippen LogP contribution < -0.4 is 5.32 Å². The summed E-state index contributed by atoms with van der Waals surface area (Å²) in [5.41, 5.74) is 3.63. The lowest BCUT2D eigenvalue weighted by molar-refractivity contribution is -0.117. The maximum absolute atomic E-state index is 13.5. The third-order valence-corrected chi connectivity index (χ3v) is 4.34. The Morgan fingerprint density at radius 2 is 1.44 bits per heavy atom. The second kappa shape index (κ2) is 9.10. The standard InChI is InChI=1S/C23H23FN2O/c1-18-12-13-21(24)14-22(18)25-23(27)17-26(15-19-8-4-2-5-9-19)16-20-10-6-3-7-11-20/h2-14H,15-17H2,1H3,(H,25,27). The summed E-state index contributed by atoms with van der Waals surface area (Å²) in [5.74, 6) is -0.517. The van der Waals surface area contributed by atoms with Gasteiger partial charge in [-0.25, -0.2) is 4.39 Å². The Hall–Kier alpha value is -2.98. The Bertz CT molecular complexity index is 840. The number of nitrogens with zero attached hydrogens (tertiary/aromatic N) is 1. The molecule has 0 aromatic heterocycles. The predicted molar refractivity (Wildman–Crippen MR) is 107 cm³/mol. The molecule has 27 heavy (non-hydrogen) atoms. The molecule has 4 heteroatoms. The average molecular weight is 362 g/mol. The molecule has 0 aliphatic rings. The first-order valence-electron chi connectivity index (χ1n) is 8.96. The molecule has 0 bridgehead atoms. The molecule has 3 aromatic rings. The van der Waals surface area contributed by atoms with Crippen LogP contribution in [-0.2, 0) is 17.9 Å². The smallest absolute Gasteiger partial charge is 0.238 e. The van der Waals surface area contributed by atoms with Crippen LogP contribution >= 0.6 is 0 Å². The maximum Gasteiger partial charge on any atom is 0.238 e. The molecule has 0 spiro atoms. The van der Waals surface area contributed by atoms with Crippen LogP contribution in [0.15, 0.2) is 78.9 Å². The summed E-state index contributed by atoms with van der Waals surface area (Å²) >= 11 is 0. The number of carbonyl (C=O) groups is 1. The fourth-order valence-corrected chi connectivity index (χ4v) is 2.97. The SMILES string of the molecule is Cc1ccc(F)cc1NC(=O)CN(Cc1ccccc1)Cc1ccccc1. The van der Waals surface area contributed by atoms with Gasteiger partial charge < -0.3 is 5.32 Å². The lowest BCUT2D eigenvalue weighted by Crippen LogP contribution is -2.32. The maximum atomic E-state index is 13.5. The van der Waals surface area contributed by atoms with E-state index in [9.17, 15) is 9.18 Å². The molecule has 0 saturated carbocycles. The summed E-state index contributed by atoms with van der Waals surface area (Å²) in [7, 11) is 0. The lowest BCUT2D eigenvalue weighted by atomic mass is 10.1. The summed E-state index contributed by atoms with van der Waals surface area (Å²) in [6.07, 6.45) is 0. The first-order chi connectivity index (χ1) is 13.1. The number of hydrogen-bond donors (Lipinski definition) is 1. The number of amides is 1. The minimum Gasteiger partial charge on any atom is -0.325 e. The Kier molecular flexibility index (Phi) is 6.34. The Morgan fingerprint density at radius 3 is 2.00 bits per heavy atom. The van der Waals surface area contributed by atoms with Gasteiger partial charge in [-0.3, -0.25) is 9.69 Å². The van der Waals surface area contributed by atoms with Crippen LogP contribution in [-0.4, -0.2) is 17.4 Å². The Labute approximate surface area is 159 Å². The van der Waals surface area contributed by atoms with Crippen LogP contribution in [0.5, 0.6) is 0 Å². The van der Waals surface area contributed by atoms with Crippen molar-refractivity contribution in [3.05, 3.63) is 101 Å². The average Bonchev–Trinajstić information content (AvgIpc) is 2.66. The molecule has 1 amide bonds. The third-order valence-electron chi connectivity index (χ3n) is 4.34. The van der Waals surface area contributed by atoms with Gasteiger partial charge in [-0.05, 0) is 35.7 Å². The van der Waals surface area contributed by atoms with Gasteiger partial charge in [0.25, 0.3) is 0 Å². The topological polar surface area (TPSA) is 32.3 Å². The van der Waals surface area contributed by atoms with E-state index in [1.807, 2.05) is 67.6 Å². The number of hydrogen-bond acceptors (Lipinski definition) is 2. The van der Waals surface area contributed by atoms with Crippen molar-refractivity contribution in [3.63, 3.8) is 0 Å². The highest BCUT2D eigenvalue weighted by Crippen LogP contribution is 2.16. The molecule has 138 valence electrons. The Balaban J connectivity index is 1.71. The van der Waals surface area contributed by atoms with Crippen molar-refractivity contribution in [2.24, 2.45) is 0 Å². The van der Waals surface area contributed by atoms with Crippen LogP contribution in [0.4, 0.5) is 10.1 Å². The predicted octanol–water partition coefficient (Wildman–Crippen LogP) is 4.78. The van der Waals surface area contributed by atoms with Crippen molar-refractivity contribution < 1.29 is 9.18 Å². The molecule has 0 radical (unpaired) electrons. The normalized spacial score (nSPS) is 10.8. The second-order valence-electron chi connectivity index (χ2n) is 6.62. The van der Waals surface area contributed by atoms with E-state index in [4.69, 9.17) is 0 Å². The van der Waals surface area contributed by atoms with Crippen LogP contribution in [0.2, 0.25) is 0 Å². The van der Waals surface area contributed by atoms with Crippen molar-refractivity contribution in [1.29, 1.82) is 0 Å². The number of rotatable bonds is 7. The van der Waals surface area contributed by atoms with Gasteiger partial charge in [-0.1, -0.05) is 66.7 Å². The van der Waals surface area contributed by atoms with E-state index in [-0.39, 0.29) is 18.3 Å². The minimum atomic E-state index is -0.360. The molecule has 3 nitrogen and oxygen atoms in total. The van der Waals surface area contributed by atoms with E-state index in [0.29, 0.717) is 18.8 Å². The van der Waals surface area contributed by atoms with E-state index >= 15 is 0 Å². The number of halogens is 1. The van der Waals surface area contributed by atoms with Crippen molar-refractivity contribution >= 4 is 11.6 Å². The van der Waals surface area contributed by atoms with E-state index < -0.39 is 0 Å². The fraction of sp³-hybridized carbons (Fsp3) is 0.174. The quantitative estimate of drug-likeness (QED) is 0.656. The zero-order chi connectivity index (χ0) is 19.1. The first kappa shape index (κ1) is 18.8. The number of nitrogens with one attached hydrogen (secondary N) is 1. The highest BCUT2D eigenvalue weighted by molar-refractivity contribution is 5.92. The Morgan fingerprint density at radius 1 is 0.889 bits per heavy atom. The van der Waals surface area contributed by atoms with Gasteiger partial charge in [0.2, 0.25) is 5.91 Å². The van der Waals surface area contributed by atoms with Gasteiger partial charge in [-0.15, -0.1) is 0 Å². The molecule has 0 aliphatic carbocycles. The van der Waals surface area contributed by atoms with E-state index in [2.05, 4.69) is 10.2 Å². The highest BCUT2D eigenvalue weighted by Gasteiger charge is 2.13. The van der Waals surface area contributed by atoms with Crippen LogP contribution in [0.1, 0.15) is 16.7 Å². The highest BCUT2D eigenvalue weighted by atomic mass is 19.1. The molecule has 0 heterocycles. The zero-order valence-corrected chi connectivity index (χ0v) is 15.4. The van der Waals surface area contributed by atoms with Gasteiger partial charge >= 0.3 is 0 Å². The van der Waals surface area contributed by atoms with E-state index in [1.165, 1.54) is 12.1 Å². The zero-order valence-electron chi connectivity index (χ0n) is 15.4. The fourth-order valence-electron chi connectivity index (χ4n) is 2.97. The molecular weight excluding hydrogens is 339 g/mol. The second-order valence-corrected chi connectivity index (χ2v) is 6.62. The summed E-state index contributed by atoms with van der Waals surface area (Å²) < 4.78 is 13.5. The van der Waals surface area contributed by atoms with Gasteiger partial charge in [-0.2, -0.15) is 0 Å². The molecule has 0 unspecified atom stereocenters. The lowest BCUT2D eigenvalue weighted by Gasteiger charge is -2.22. The van der Waals surface area contributed by atoms with Crippen molar-refractivity contribution in [2.45, 2.75) is 20.0 Å². The molecule has 0 atom stereocenters. The molecule has 3 rings (SSSR count). The first-order valence-corrected chi connectivity index (χ1v) is 8.96. The van der Waals surface area contributed by atoms with Crippen molar-refractivity contribution in [3.8, 4) is 0 Å². The number of carbonyl (C=O) groups excluding carboxylic acids is 1. The van der Waals surface area contributed by atoms with Crippen LogP contribution in [0.3, 0.4) is 0 Å². The third kappa shape index (κ3) is 5.76. The van der Waals surface area contributed by atoms with Gasteiger partial charge in [0, 0.05) is 18.8 Å². The summed E-state index contributed by atoms with van der Waals surface area (Å²) in [6, 6.07) is 24.5. The number of benzene rings is 3.